The normalized spacial score (nSPS) is 11.4. The molecule has 23 heavy (non-hydrogen) atoms. The van der Waals surface area contributed by atoms with Gasteiger partial charge in [-0.25, -0.2) is 0 Å². The second-order valence-electron chi connectivity index (χ2n) is 5.04. The van der Waals surface area contributed by atoms with Crippen LogP contribution in [0.4, 0.5) is 5.69 Å². The summed E-state index contributed by atoms with van der Waals surface area (Å²) in [5.74, 6) is -0.690. The molecule has 1 amide bonds. The Labute approximate surface area is 139 Å². The first-order valence-corrected chi connectivity index (χ1v) is 7.51. The fraction of sp³-hybridized carbons (Fsp3) is 0.0625. The van der Waals surface area contributed by atoms with Crippen molar-refractivity contribution in [3.63, 3.8) is 0 Å². The minimum absolute atomic E-state index is 0.0308. The first-order valence-electron chi connectivity index (χ1n) is 6.71. The van der Waals surface area contributed by atoms with Crippen LogP contribution in [0, 0.1) is 6.92 Å². The number of aromatic amines is 1. The molecule has 7 heteroatoms. The Morgan fingerprint density at radius 2 is 1.96 bits per heavy atom. The summed E-state index contributed by atoms with van der Waals surface area (Å²) >= 11 is 3.14. The third kappa shape index (κ3) is 2.95. The van der Waals surface area contributed by atoms with Gasteiger partial charge < -0.3 is 15.2 Å². The fourth-order valence-electron chi connectivity index (χ4n) is 2.17. The average molecular weight is 374 g/mol. The topological polar surface area (TPSA) is 98.0 Å². The minimum Gasteiger partial charge on any atom is -0.507 e. The lowest BCUT2D eigenvalue weighted by atomic mass is 10.1. The monoisotopic (exact) mass is 373 g/mol. The van der Waals surface area contributed by atoms with Gasteiger partial charge in [-0.1, -0.05) is 11.6 Å². The van der Waals surface area contributed by atoms with Gasteiger partial charge in [-0.15, -0.1) is 10.2 Å². The van der Waals surface area contributed by atoms with Gasteiger partial charge in [-0.05, 0) is 53.2 Å². The lowest BCUT2D eigenvalue weighted by Crippen LogP contribution is -1.93. The van der Waals surface area contributed by atoms with Crippen LogP contribution in [-0.2, 0) is 0 Å². The molecule has 0 spiro atoms. The van der Waals surface area contributed by atoms with Crippen molar-refractivity contribution >= 4 is 38.4 Å². The molecule has 6 nitrogen and oxygen atoms in total. The Balaban J connectivity index is 1.96. The number of carbonyl (C=O) groups excluding carboxylic acids is 1. The van der Waals surface area contributed by atoms with E-state index in [2.05, 4.69) is 31.1 Å². The zero-order valence-electron chi connectivity index (χ0n) is 12.0. The van der Waals surface area contributed by atoms with Gasteiger partial charge in [-0.3, -0.25) is 4.79 Å². The summed E-state index contributed by atoms with van der Waals surface area (Å²) < 4.78 is 0.393. The van der Waals surface area contributed by atoms with Crippen LogP contribution in [0.5, 0.6) is 11.6 Å². The Morgan fingerprint density at radius 1 is 1.17 bits per heavy atom. The van der Waals surface area contributed by atoms with Crippen molar-refractivity contribution in [1.29, 1.82) is 0 Å². The third-order valence-corrected chi connectivity index (χ3v) is 3.98. The van der Waals surface area contributed by atoms with Gasteiger partial charge in [0.15, 0.2) is 5.69 Å². The number of aromatic hydroxyl groups is 2. The maximum atomic E-state index is 12.1. The van der Waals surface area contributed by atoms with E-state index in [4.69, 9.17) is 0 Å². The Hall–Kier alpha value is -2.67. The highest BCUT2D eigenvalue weighted by Crippen LogP contribution is 2.36. The number of benzene rings is 2. The van der Waals surface area contributed by atoms with E-state index in [1.54, 1.807) is 0 Å². The highest BCUT2D eigenvalue weighted by atomic mass is 79.9. The minimum atomic E-state index is -0.577. The molecular formula is C16H12BrN3O3. The number of fused-ring (bicyclic) bond motifs is 1. The Morgan fingerprint density at radius 3 is 2.70 bits per heavy atom. The van der Waals surface area contributed by atoms with Gasteiger partial charge in [0.25, 0.3) is 5.91 Å². The van der Waals surface area contributed by atoms with Crippen LogP contribution >= 0.6 is 15.9 Å². The molecule has 2 aromatic carbocycles. The van der Waals surface area contributed by atoms with E-state index in [1.807, 2.05) is 25.1 Å². The molecule has 0 aliphatic carbocycles. The highest BCUT2D eigenvalue weighted by molar-refractivity contribution is 9.10. The number of H-pyrrole nitrogens is 1. The molecule has 0 bridgehead atoms. The van der Waals surface area contributed by atoms with Gasteiger partial charge in [0, 0.05) is 10.9 Å². The second-order valence-corrected chi connectivity index (χ2v) is 5.90. The first kappa shape index (κ1) is 15.2. The van der Waals surface area contributed by atoms with E-state index in [-0.39, 0.29) is 22.9 Å². The quantitative estimate of drug-likeness (QED) is 0.573. The molecule has 3 N–H and O–H groups in total. The van der Waals surface area contributed by atoms with E-state index >= 15 is 0 Å². The van der Waals surface area contributed by atoms with Crippen molar-refractivity contribution in [3.05, 3.63) is 52.0 Å². The molecule has 0 unspecified atom stereocenters. The van der Waals surface area contributed by atoms with Crippen LogP contribution in [0.25, 0.3) is 10.9 Å². The molecule has 0 aliphatic heterocycles. The molecule has 0 fully saturated rings. The van der Waals surface area contributed by atoms with Crippen LogP contribution in [0.3, 0.4) is 0 Å². The van der Waals surface area contributed by atoms with Gasteiger partial charge in [0.05, 0.1) is 9.99 Å². The molecule has 3 rings (SSSR count). The van der Waals surface area contributed by atoms with Crippen LogP contribution in [0.1, 0.15) is 15.9 Å². The molecule has 3 aromatic rings. The van der Waals surface area contributed by atoms with Gasteiger partial charge in [0.1, 0.15) is 5.75 Å². The molecule has 1 heterocycles. The molecular weight excluding hydrogens is 362 g/mol. The summed E-state index contributed by atoms with van der Waals surface area (Å²) in [5, 5.41) is 27.6. The SMILES string of the molecule is Cc1ccc2[nH]c(O)c(N=NC(=O)c3ccc(O)c(Br)c3)c2c1. The van der Waals surface area contributed by atoms with E-state index < -0.39 is 5.91 Å². The second kappa shape index (κ2) is 5.85. The largest absolute Gasteiger partial charge is 0.507 e. The van der Waals surface area contributed by atoms with E-state index in [0.29, 0.717) is 15.4 Å². The number of amides is 1. The first-order chi connectivity index (χ1) is 11.0. The molecule has 0 saturated heterocycles. The molecule has 0 saturated carbocycles. The zero-order chi connectivity index (χ0) is 16.6. The van der Waals surface area contributed by atoms with Crippen molar-refractivity contribution < 1.29 is 15.0 Å². The number of azo groups is 1. The summed E-state index contributed by atoms with van der Waals surface area (Å²) in [6.07, 6.45) is 0. The Kier molecular flexibility index (Phi) is 3.87. The van der Waals surface area contributed by atoms with Gasteiger partial charge in [0.2, 0.25) is 5.88 Å². The number of rotatable bonds is 2. The summed E-state index contributed by atoms with van der Waals surface area (Å²) in [6.45, 7) is 1.92. The molecule has 116 valence electrons. The number of halogens is 1. The number of hydrogen-bond donors (Lipinski definition) is 3. The summed E-state index contributed by atoms with van der Waals surface area (Å²) in [4.78, 5) is 14.8. The molecule has 1 aromatic heterocycles. The average Bonchev–Trinajstić information content (AvgIpc) is 2.82. The van der Waals surface area contributed by atoms with E-state index in [1.165, 1.54) is 18.2 Å². The predicted molar refractivity (Wildman–Crippen MR) is 89.4 cm³/mol. The predicted octanol–water partition coefficient (Wildman–Crippen LogP) is 4.57. The van der Waals surface area contributed by atoms with Crippen molar-refractivity contribution in [2.45, 2.75) is 6.92 Å². The van der Waals surface area contributed by atoms with Crippen LogP contribution in [0.2, 0.25) is 0 Å². The van der Waals surface area contributed by atoms with Crippen molar-refractivity contribution in [3.8, 4) is 11.6 Å². The highest BCUT2D eigenvalue weighted by Gasteiger charge is 2.12. The summed E-state index contributed by atoms with van der Waals surface area (Å²) in [5.41, 5.74) is 2.20. The lowest BCUT2D eigenvalue weighted by Gasteiger charge is -1.98. The third-order valence-electron chi connectivity index (χ3n) is 3.34. The van der Waals surface area contributed by atoms with E-state index in [0.717, 1.165) is 5.56 Å². The standard InChI is InChI=1S/C16H12BrN3O3/c1-8-2-4-12-10(6-8)14(16(23)18-12)19-20-15(22)9-3-5-13(21)11(17)7-9/h2-7,18,21,23H,1H3. The van der Waals surface area contributed by atoms with Crippen molar-refractivity contribution in [1.82, 2.24) is 4.98 Å². The number of phenols is 1. The number of nitrogens with zero attached hydrogens (tertiary/aromatic N) is 2. The van der Waals surface area contributed by atoms with Crippen LogP contribution in [0.15, 0.2) is 51.1 Å². The maximum absolute atomic E-state index is 12.1. The van der Waals surface area contributed by atoms with Gasteiger partial charge in [-0.2, -0.15) is 0 Å². The smallest absolute Gasteiger partial charge is 0.295 e. The number of aryl methyl sites for hydroxylation is 1. The number of hydrogen-bond acceptors (Lipinski definition) is 4. The summed E-state index contributed by atoms with van der Waals surface area (Å²) in [6, 6.07) is 9.86. The fourth-order valence-corrected chi connectivity index (χ4v) is 2.55. The zero-order valence-corrected chi connectivity index (χ0v) is 13.6. The number of nitrogens with one attached hydrogen (secondary N) is 1. The Bertz CT molecular complexity index is 947. The van der Waals surface area contributed by atoms with Crippen LogP contribution in [-0.4, -0.2) is 21.1 Å². The van der Waals surface area contributed by atoms with Crippen molar-refractivity contribution in [2.24, 2.45) is 10.2 Å². The van der Waals surface area contributed by atoms with Crippen LogP contribution < -0.4 is 0 Å². The van der Waals surface area contributed by atoms with E-state index in [9.17, 15) is 15.0 Å². The number of carbonyl (C=O) groups is 1. The maximum Gasteiger partial charge on any atom is 0.295 e. The number of phenolic OH excluding ortho intramolecular Hbond substituents is 1. The van der Waals surface area contributed by atoms with Crippen molar-refractivity contribution in [2.75, 3.05) is 0 Å². The molecule has 0 aliphatic rings. The lowest BCUT2D eigenvalue weighted by molar-refractivity contribution is 0.0995. The van der Waals surface area contributed by atoms with Gasteiger partial charge >= 0.3 is 0 Å². The summed E-state index contributed by atoms with van der Waals surface area (Å²) in [7, 11) is 0. The molecule has 0 radical (unpaired) electrons. The number of aromatic nitrogens is 1. The molecule has 0 atom stereocenters.